The molecule has 1 N–H and O–H groups in total. The van der Waals surface area contributed by atoms with Crippen LogP contribution in [0.15, 0.2) is 42.5 Å². The van der Waals surface area contributed by atoms with Crippen LogP contribution in [-0.4, -0.2) is 27.1 Å². The van der Waals surface area contributed by atoms with Gasteiger partial charge in [-0.25, -0.2) is 8.42 Å². The summed E-state index contributed by atoms with van der Waals surface area (Å²) in [5.41, 5.74) is 3.78. The lowest BCUT2D eigenvalue weighted by molar-refractivity contribution is -0.114. The third kappa shape index (κ3) is 5.32. The molecular formula is C21H28N2O3S. The summed E-state index contributed by atoms with van der Waals surface area (Å²) in [5, 5.41) is 2.84. The molecule has 5 nitrogen and oxygen atoms in total. The maximum atomic E-state index is 12.7. The van der Waals surface area contributed by atoms with E-state index >= 15 is 0 Å². The fraction of sp³-hybridized carbons (Fsp3) is 0.381. The smallest absolute Gasteiger partial charge is 0.245 e. The Bertz CT molecular complexity index is 944. The van der Waals surface area contributed by atoms with Crippen LogP contribution in [0.2, 0.25) is 0 Å². The minimum Gasteiger partial charge on any atom is -0.324 e. The van der Waals surface area contributed by atoms with Gasteiger partial charge in [0, 0.05) is 5.69 Å². The molecule has 0 atom stereocenters. The van der Waals surface area contributed by atoms with E-state index in [0.717, 1.165) is 22.9 Å². The lowest BCUT2D eigenvalue weighted by atomic mass is 9.86. The molecule has 146 valence electrons. The van der Waals surface area contributed by atoms with Gasteiger partial charge in [0.1, 0.15) is 6.54 Å². The summed E-state index contributed by atoms with van der Waals surface area (Å²) < 4.78 is 26.1. The molecule has 0 aromatic heterocycles. The van der Waals surface area contributed by atoms with Crippen LogP contribution in [0.5, 0.6) is 0 Å². The molecule has 1 amide bonds. The van der Waals surface area contributed by atoms with E-state index < -0.39 is 10.0 Å². The van der Waals surface area contributed by atoms with Crippen LogP contribution >= 0.6 is 0 Å². The zero-order valence-electron chi connectivity index (χ0n) is 16.8. The van der Waals surface area contributed by atoms with Crippen molar-refractivity contribution >= 4 is 27.3 Å². The largest absolute Gasteiger partial charge is 0.324 e. The summed E-state index contributed by atoms with van der Waals surface area (Å²) in [7, 11) is -3.63. The second kappa shape index (κ2) is 7.72. The van der Waals surface area contributed by atoms with Crippen molar-refractivity contribution in [2.24, 2.45) is 0 Å². The zero-order chi connectivity index (χ0) is 20.4. The van der Waals surface area contributed by atoms with Crippen molar-refractivity contribution in [2.45, 2.75) is 40.0 Å². The SMILES string of the molecule is Cc1ccc(C)c(NC(=O)CN(c2ccccc2C(C)(C)C)S(C)(=O)=O)c1. The number of aryl methyl sites for hydroxylation is 2. The number of sulfonamides is 1. The maximum absolute atomic E-state index is 12.7. The fourth-order valence-electron chi connectivity index (χ4n) is 2.90. The number of hydrogen-bond donors (Lipinski definition) is 1. The van der Waals surface area contributed by atoms with Crippen molar-refractivity contribution < 1.29 is 13.2 Å². The molecule has 27 heavy (non-hydrogen) atoms. The molecule has 0 spiro atoms. The molecular weight excluding hydrogens is 360 g/mol. The normalized spacial score (nSPS) is 11.9. The summed E-state index contributed by atoms with van der Waals surface area (Å²) in [6, 6.07) is 13.1. The van der Waals surface area contributed by atoms with E-state index in [9.17, 15) is 13.2 Å². The number of carbonyl (C=O) groups is 1. The third-order valence-corrected chi connectivity index (χ3v) is 5.46. The number of para-hydroxylation sites is 1. The molecule has 6 heteroatoms. The van der Waals surface area contributed by atoms with Crippen LogP contribution in [0.1, 0.15) is 37.5 Å². The van der Waals surface area contributed by atoms with E-state index in [0.29, 0.717) is 11.4 Å². The third-order valence-electron chi connectivity index (χ3n) is 4.34. The van der Waals surface area contributed by atoms with Crippen molar-refractivity contribution in [1.82, 2.24) is 0 Å². The van der Waals surface area contributed by atoms with Crippen molar-refractivity contribution in [3.63, 3.8) is 0 Å². The standard InChI is InChI=1S/C21H28N2O3S/c1-15-11-12-16(2)18(13-15)22-20(24)14-23(27(6,25)26)19-10-8-7-9-17(19)21(3,4)5/h7-13H,14H2,1-6H3,(H,22,24). The van der Waals surface area contributed by atoms with E-state index in [1.54, 1.807) is 12.1 Å². The summed E-state index contributed by atoms with van der Waals surface area (Å²) in [5.74, 6) is -0.377. The lowest BCUT2D eigenvalue weighted by Crippen LogP contribution is -2.38. The van der Waals surface area contributed by atoms with Crippen LogP contribution in [0.25, 0.3) is 0 Å². The summed E-state index contributed by atoms with van der Waals surface area (Å²) >= 11 is 0. The van der Waals surface area contributed by atoms with Crippen LogP contribution < -0.4 is 9.62 Å². The van der Waals surface area contributed by atoms with Gasteiger partial charge in [0.05, 0.1) is 11.9 Å². The second-order valence-electron chi connectivity index (χ2n) is 7.90. The Morgan fingerprint density at radius 3 is 2.30 bits per heavy atom. The molecule has 0 heterocycles. The van der Waals surface area contributed by atoms with Gasteiger partial charge >= 0.3 is 0 Å². The van der Waals surface area contributed by atoms with Gasteiger partial charge in [-0.15, -0.1) is 0 Å². The van der Waals surface area contributed by atoms with Gasteiger partial charge in [0.15, 0.2) is 0 Å². The average Bonchev–Trinajstić information content (AvgIpc) is 2.54. The fourth-order valence-corrected chi connectivity index (χ4v) is 3.77. The monoisotopic (exact) mass is 388 g/mol. The molecule has 0 bridgehead atoms. The molecule has 2 aromatic carbocycles. The molecule has 0 saturated heterocycles. The number of rotatable bonds is 5. The van der Waals surface area contributed by atoms with Crippen molar-refractivity contribution in [3.05, 3.63) is 59.2 Å². The van der Waals surface area contributed by atoms with Gasteiger partial charge in [-0.3, -0.25) is 9.10 Å². The van der Waals surface area contributed by atoms with Crippen molar-refractivity contribution in [2.75, 3.05) is 22.4 Å². The number of carbonyl (C=O) groups excluding carboxylic acids is 1. The zero-order valence-corrected chi connectivity index (χ0v) is 17.6. The first-order valence-electron chi connectivity index (χ1n) is 8.84. The van der Waals surface area contributed by atoms with Gasteiger partial charge in [-0.2, -0.15) is 0 Å². The first-order valence-corrected chi connectivity index (χ1v) is 10.7. The van der Waals surface area contributed by atoms with Crippen LogP contribution in [0.4, 0.5) is 11.4 Å². The lowest BCUT2D eigenvalue weighted by Gasteiger charge is -2.29. The Kier molecular flexibility index (Phi) is 6.00. The molecule has 0 aliphatic rings. The van der Waals surface area contributed by atoms with Crippen LogP contribution in [0.3, 0.4) is 0 Å². The number of amides is 1. The molecule has 2 rings (SSSR count). The summed E-state index contributed by atoms with van der Waals surface area (Å²) in [6.07, 6.45) is 1.12. The summed E-state index contributed by atoms with van der Waals surface area (Å²) in [4.78, 5) is 12.7. The van der Waals surface area contributed by atoms with Gasteiger partial charge in [-0.05, 0) is 48.1 Å². The quantitative estimate of drug-likeness (QED) is 0.842. The predicted octanol–water partition coefficient (Wildman–Crippen LogP) is 4.01. The molecule has 0 fully saturated rings. The molecule has 0 aliphatic carbocycles. The number of nitrogens with zero attached hydrogens (tertiary/aromatic N) is 1. The van der Waals surface area contributed by atoms with Crippen LogP contribution in [0, 0.1) is 13.8 Å². The highest BCUT2D eigenvalue weighted by Gasteiger charge is 2.27. The number of anilines is 2. The molecule has 0 unspecified atom stereocenters. The van der Waals surface area contributed by atoms with Gasteiger partial charge in [-0.1, -0.05) is 51.1 Å². The van der Waals surface area contributed by atoms with Gasteiger partial charge < -0.3 is 5.32 Å². The molecule has 0 aliphatic heterocycles. The molecule has 2 aromatic rings. The number of nitrogens with one attached hydrogen (secondary N) is 1. The first kappa shape index (κ1) is 21.0. The van der Waals surface area contributed by atoms with E-state index in [-0.39, 0.29) is 17.9 Å². The van der Waals surface area contributed by atoms with Gasteiger partial charge in [0.2, 0.25) is 15.9 Å². The van der Waals surface area contributed by atoms with Crippen molar-refractivity contribution in [1.29, 1.82) is 0 Å². The summed E-state index contributed by atoms with van der Waals surface area (Å²) in [6.45, 7) is 9.61. The Hall–Kier alpha value is -2.34. The van der Waals surface area contributed by atoms with E-state index in [4.69, 9.17) is 0 Å². The maximum Gasteiger partial charge on any atom is 0.245 e. The predicted molar refractivity (Wildman–Crippen MR) is 112 cm³/mol. The average molecular weight is 389 g/mol. The van der Waals surface area contributed by atoms with Crippen LogP contribution in [-0.2, 0) is 20.2 Å². The minimum absolute atomic E-state index is 0.261. The van der Waals surface area contributed by atoms with Gasteiger partial charge in [0.25, 0.3) is 0 Å². The highest BCUT2D eigenvalue weighted by atomic mass is 32.2. The highest BCUT2D eigenvalue weighted by molar-refractivity contribution is 7.92. The number of hydrogen-bond acceptors (Lipinski definition) is 3. The van der Waals surface area contributed by atoms with E-state index in [1.165, 1.54) is 4.31 Å². The highest BCUT2D eigenvalue weighted by Crippen LogP contribution is 2.33. The molecule has 0 radical (unpaired) electrons. The Morgan fingerprint density at radius 2 is 1.70 bits per heavy atom. The minimum atomic E-state index is -3.63. The molecule has 0 saturated carbocycles. The van der Waals surface area contributed by atoms with E-state index in [2.05, 4.69) is 5.32 Å². The Balaban J connectivity index is 2.37. The first-order chi connectivity index (χ1) is 12.4. The van der Waals surface area contributed by atoms with E-state index in [1.807, 2.05) is 65.0 Å². The Morgan fingerprint density at radius 1 is 1.07 bits per heavy atom. The second-order valence-corrected chi connectivity index (χ2v) is 9.81. The Labute approximate surface area is 162 Å². The topological polar surface area (TPSA) is 66.5 Å². The van der Waals surface area contributed by atoms with Crippen molar-refractivity contribution in [3.8, 4) is 0 Å². The number of benzene rings is 2.